The van der Waals surface area contributed by atoms with E-state index in [1.165, 1.54) is 5.56 Å². The van der Waals surface area contributed by atoms with E-state index in [0.717, 1.165) is 47.1 Å². The summed E-state index contributed by atoms with van der Waals surface area (Å²) in [6.07, 6.45) is 1.78. The zero-order chi connectivity index (χ0) is 18.9. The molecule has 1 aliphatic heterocycles. The molecular formula is C22H19ClN4S. The first kappa shape index (κ1) is 17.6. The summed E-state index contributed by atoms with van der Waals surface area (Å²) < 4.78 is 0. The highest BCUT2D eigenvalue weighted by molar-refractivity contribution is 7.99. The van der Waals surface area contributed by atoms with Crippen LogP contribution in [0.25, 0.3) is 22.3 Å². The van der Waals surface area contributed by atoms with E-state index >= 15 is 0 Å². The lowest BCUT2D eigenvalue weighted by atomic mass is 10.1. The van der Waals surface area contributed by atoms with Gasteiger partial charge in [-0.1, -0.05) is 48.0 Å². The molecule has 4 nitrogen and oxygen atoms in total. The van der Waals surface area contributed by atoms with Gasteiger partial charge >= 0.3 is 0 Å². The second kappa shape index (κ2) is 7.49. The molecule has 4 aromatic rings. The van der Waals surface area contributed by atoms with E-state index in [4.69, 9.17) is 16.6 Å². The third-order valence-corrected chi connectivity index (χ3v) is 6.60. The number of rotatable bonds is 3. The third kappa shape index (κ3) is 3.36. The number of benzene rings is 2. The fourth-order valence-electron chi connectivity index (χ4n) is 3.59. The molecule has 1 saturated heterocycles. The molecule has 2 aromatic carbocycles. The van der Waals surface area contributed by atoms with E-state index in [1.54, 1.807) is 6.20 Å². The Bertz CT molecular complexity index is 1080. The second-order valence-electron chi connectivity index (χ2n) is 6.84. The number of fused-ring (bicyclic) bond motifs is 1. The number of nitrogens with one attached hydrogen (secondary N) is 1. The molecule has 1 fully saturated rings. The van der Waals surface area contributed by atoms with Crippen LogP contribution in [-0.2, 0) is 0 Å². The Balaban J connectivity index is 1.37. The number of aromatic amines is 1. The van der Waals surface area contributed by atoms with Crippen molar-refractivity contribution in [2.45, 2.75) is 5.25 Å². The molecule has 1 N–H and O–H groups in total. The summed E-state index contributed by atoms with van der Waals surface area (Å²) in [5.74, 6) is 2.04. The van der Waals surface area contributed by atoms with E-state index < -0.39 is 0 Å². The molecule has 2 aromatic heterocycles. The number of H-pyrrole nitrogens is 1. The molecule has 6 heteroatoms. The van der Waals surface area contributed by atoms with Crippen molar-refractivity contribution < 1.29 is 0 Å². The summed E-state index contributed by atoms with van der Waals surface area (Å²) in [6, 6.07) is 20.5. The molecule has 3 heterocycles. The van der Waals surface area contributed by atoms with Crippen LogP contribution in [0, 0.1) is 0 Å². The van der Waals surface area contributed by atoms with Crippen LogP contribution < -0.4 is 4.90 Å². The quantitative estimate of drug-likeness (QED) is 0.482. The predicted octanol–water partition coefficient (Wildman–Crippen LogP) is 5.57. The number of hydrogen-bond acceptors (Lipinski definition) is 4. The number of halogens is 1. The number of imidazole rings is 1. The minimum absolute atomic E-state index is 0.412. The highest BCUT2D eigenvalue weighted by Gasteiger charge is 2.24. The molecule has 1 aliphatic rings. The van der Waals surface area contributed by atoms with Crippen molar-refractivity contribution in [2.75, 3.05) is 23.7 Å². The third-order valence-electron chi connectivity index (χ3n) is 5.06. The van der Waals surface area contributed by atoms with Crippen LogP contribution in [-0.4, -0.2) is 33.8 Å². The molecule has 0 bridgehead atoms. The Morgan fingerprint density at radius 3 is 2.71 bits per heavy atom. The Kier molecular flexibility index (Phi) is 4.71. The van der Waals surface area contributed by atoms with Gasteiger partial charge in [0.05, 0.1) is 21.7 Å². The topological polar surface area (TPSA) is 44.8 Å². The van der Waals surface area contributed by atoms with Gasteiger partial charge in [0.15, 0.2) is 0 Å². The number of anilines is 1. The maximum atomic E-state index is 6.28. The first-order chi connectivity index (χ1) is 13.8. The molecule has 1 atom stereocenters. The summed E-state index contributed by atoms with van der Waals surface area (Å²) >= 11 is 8.29. The highest BCUT2D eigenvalue weighted by atomic mass is 35.5. The van der Waals surface area contributed by atoms with Gasteiger partial charge < -0.3 is 9.88 Å². The first-order valence-corrected chi connectivity index (χ1v) is 10.7. The van der Waals surface area contributed by atoms with Gasteiger partial charge in [0, 0.05) is 35.9 Å². The Morgan fingerprint density at radius 2 is 1.89 bits per heavy atom. The van der Waals surface area contributed by atoms with Crippen molar-refractivity contribution in [3.8, 4) is 11.3 Å². The number of aromatic nitrogens is 3. The lowest BCUT2D eigenvalue weighted by Crippen LogP contribution is -2.35. The van der Waals surface area contributed by atoms with E-state index in [2.05, 4.69) is 45.2 Å². The lowest BCUT2D eigenvalue weighted by molar-refractivity contribution is 0.756. The van der Waals surface area contributed by atoms with Crippen molar-refractivity contribution in [3.05, 3.63) is 77.4 Å². The van der Waals surface area contributed by atoms with Crippen LogP contribution in [0.4, 0.5) is 5.95 Å². The van der Waals surface area contributed by atoms with Crippen LogP contribution in [0.1, 0.15) is 10.8 Å². The Labute approximate surface area is 173 Å². The summed E-state index contributed by atoms with van der Waals surface area (Å²) in [5.41, 5.74) is 5.30. The van der Waals surface area contributed by atoms with Crippen LogP contribution in [0.3, 0.4) is 0 Å². The SMILES string of the molecule is Clc1cccnc1-c1ccc(C2CN(c3nc4ccccc4[nH]3)CCS2)cc1. The minimum Gasteiger partial charge on any atom is -0.340 e. The summed E-state index contributed by atoms with van der Waals surface area (Å²) in [5, 5.41) is 1.09. The molecule has 0 saturated carbocycles. The molecule has 0 aliphatic carbocycles. The Hall–Kier alpha value is -2.50. The monoisotopic (exact) mass is 406 g/mol. The standard InChI is InChI=1S/C22H19ClN4S/c23-17-4-3-11-24-21(17)16-9-7-15(8-10-16)20-14-27(12-13-28-20)22-25-18-5-1-2-6-19(18)26-22/h1-11,20H,12-14H2,(H,25,26). The zero-order valence-corrected chi connectivity index (χ0v) is 16.7. The van der Waals surface area contributed by atoms with Crippen molar-refractivity contribution in [2.24, 2.45) is 0 Å². The van der Waals surface area contributed by atoms with Gasteiger partial charge in [-0.25, -0.2) is 4.98 Å². The van der Waals surface area contributed by atoms with Gasteiger partial charge in [-0.3, -0.25) is 4.98 Å². The van der Waals surface area contributed by atoms with Gasteiger partial charge in [-0.05, 0) is 29.8 Å². The first-order valence-electron chi connectivity index (χ1n) is 9.30. The van der Waals surface area contributed by atoms with Crippen molar-refractivity contribution >= 4 is 40.3 Å². The van der Waals surface area contributed by atoms with E-state index in [0.29, 0.717) is 10.3 Å². The fourth-order valence-corrected chi connectivity index (χ4v) is 5.06. The Morgan fingerprint density at radius 1 is 1.04 bits per heavy atom. The van der Waals surface area contributed by atoms with Gasteiger partial charge in [-0.2, -0.15) is 11.8 Å². The predicted molar refractivity (Wildman–Crippen MR) is 118 cm³/mol. The zero-order valence-electron chi connectivity index (χ0n) is 15.2. The summed E-state index contributed by atoms with van der Waals surface area (Å²) in [4.78, 5) is 15.0. The molecule has 5 rings (SSSR count). The van der Waals surface area contributed by atoms with Crippen molar-refractivity contribution in [3.63, 3.8) is 0 Å². The smallest absolute Gasteiger partial charge is 0.203 e. The summed E-state index contributed by atoms with van der Waals surface area (Å²) in [7, 11) is 0. The lowest BCUT2D eigenvalue weighted by Gasteiger charge is -2.32. The molecule has 28 heavy (non-hydrogen) atoms. The normalized spacial score (nSPS) is 17.2. The van der Waals surface area contributed by atoms with Gasteiger partial charge in [0.2, 0.25) is 5.95 Å². The average Bonchev–Trinajstić information content (AvgIpc) is 3.19. The molecular weight excluding hydrogens is 388 g/mol. The molecule has 0 amide bonds. The van der Waals surface area contributed by atoms with Crippen LogP contribution in [0.15, 0.2) is 66.9 Å². The molecule has 1 unspecified atom stereocenters. The van der Waals surface area contributed by atoms with Crippen molar-refractivity contribution in [1.29, 1.82) is 0 Å². The van der Waals surface area contributed by atoms with E-state index in [1.807, 2.05) is 42.1 Å². The maximum Gasteiger partial charge on any atom is 0.203 e. The average molecular weight is 407 g/mol. The molecule has 0 spiro atoms. The van der Waals surface area contributed by atoms with Crippen LogP contribution in [0.5, 0.6) is 0 Å². The van der Waals surface area contributed by atoms with Gasteiger partial charge in [0.1, 0.15) is 0 Å². The number of pyridine rings is 1. The number of hydrogen-bond donors (Lipinski definition) is 1. The number of para-hydroxylation sites is 2. The van der Waals surface area contributed by atoms with E-state index in [-0.39, 0.29) is 0 Å². The van der Waals surface area contributed by atoms with Crippen molar-refractivity contribution in [1.82, 2.24) is 15.0 Å². The molecule has 0 radical (unpaired) electrons. The number of nitrogens with zero attached hydrogens (tertiary/aromatic N) is 3. The number of thioether (sulfide) groups is 1. The van der Waals surface area contributed by atoms with E-state index in [9.17, 15) is 0 Å². The highest BCUT2D eigenvalue weighted by Crippen LogP contribution is 2.36. The summed E-state index contributed by atoms with van der Waals surface area (Å²) in [6.45, 7) is 1.94. The van der Waals surface area contributed by atoms with Crippen LogP contribution >= 0.6 is 23.4 Å². The van der Waals surface area contributed by atoms with Gasteiger partial charge in [-0.15, -0.1) is 0 Å². The largest absolute Gasteiger partial charge is 0.340 e. The molecule has 140 valence electrons. The fraction of sp³-hybridized carbons (Fsp3) is 0.182. The minimum atomic E-state index is 0.412. The van der Waals surface area contributed by atoms with Crippen LogP contribution in [0.2, 0.25) is 5.02 Å². The second-order valence-corrected chi connectivity index (χ2v) is 8.56. The maximum absolute atomic E-state index is 6.28. The van der Waals surface area contributed by atoms with Gasteiger partial charge in [0.25, 0.3) is 0 Å².